The van der Waals surface area contributed by atoms with Crippen molar-refractivity contribution in [1.82, 2.24) is 0 Å². The molecular formula is C14H26ClNOSi. The molecule has 0 heterocycles. The standard InChI is InChI=1S/C14H25NOSi.ClH/c1-5-6-7-14(15)12-8-10-13(11-9-12)16-17(2,3)4;/h8-11,14H,5-7,15H2,1-4H3;1H/t14-;/m0./s1. The van der Waals surface area contributed by atoms with Gasteiger partial charge in [0.05, 0.1) is 0 Å². The van der Waals surface area contributed by atoms with Crippen molar-refractivity contribution in [2.75, 3.05) is 0 Å². The first-order valence-corrected chi connectivity index (χ1v) is 9.88. The van der Waals surface area contributed by atoms with Gasteiger partial charge < -0.3 is 10.2 Å². The predicted molar refractivity (Wildman–Crippen MR) is 84.1 cm³/mol. The van der Waals surface area contributed by atoms with E-state index in [0.29, 0.717) is 0 Å². The molecule has 0 aliphatic carbocycles. The maximum atomic E-state index is 6.13. The van der Waals surface area contributed by atoms with E-state index in [1.165, 1.54) is 18.4 Å². The molecular weight excluding hydrogens is 262 g/mol. The van der Waals surface area contributed by atoms with Crippen LogP contribution in [-0.2, 0) is 0 Å². The van der Waals surface area contributed by atoms with Crippen LogP contribution in [0.1, 0.15) is 37.8 Å². The highest BCUT2D eigenvalue weighted by molar-refractivity contribution is 6.70. The van der Waals surface area contributed by atoms with E-state index in [1.807, 2.05) is 12.1 Å². The van der Waals surface area contributed by atoms with Crippen LogP contribution in [0, 0.1) is 0 Å². The number of hydrogen-bond acceptors (Lipinski definition) is 2. The van der Waals surface area contributed by atoms with Crippen LogP contribution in [0.2, 0.25) is 19.6 Å². The van der Waals surface area contributed by atoms with Crippen LogP contribution in [0.15, 0.2) is 24.3 Å². The van der Waals surface area contributed by atoms with Gasteiger partial charge in [-0.1, -0.05) is 31.9 Å². The molecule has 0 bridgehead atoms. The largest absolute Gasteiger partial charge is 0.544 e. The van der Waals surface area contributed by atoms with Gasteiger partial charge in [-0.2, -0.15) is 0 Å². The normalized spacial score (nSPS) is 12.7. The quantitative estimate of drug-likeness (QED) is 0.781. The van der Waals surface area contributed by atoms with Crippen LogP contribution in [0.25, 0.3) is 0 Å². The fraction of sp³-hybridized carbons (Fsp3) is 0.571. The second-order valence-corrected chi connectivity index (χ2v) is 9.96. The molecule has 0 radical (unpaired) electrons. The van der Waals surface area contributed by atoms with Crippen molar-refractivity contribution in [1.29, 1.82) is 0 Å². The first-order valence-electron chi connectivity index (χ1n) is 6.47. The Balaban J connectivity index is 0.00000289. The predicted octanol–water partition coefficient (Wildman–Crippen LogP) is 4.51. The van der Waals surface area contributed by atoms with Crippen LogP contribution in [0.3, 0.4) is 0 Å². The molecule has 1 atom stereocenters. The summed E-state index contributed by atoms with van der Waals surface area (Å²) >= 11 is 0. The summed E-state index contributed by atoms with van der Waals surface area (Å²) < 4.78 is 5.92. The lowest BCUT2D eigenvalue weighted by Gasteiger charge is -2.20. The number of rotatable bonds is 6. The summed E-state index contributed by atoms with van der Waals surface area (Å²) in [5.74, 6) is 0.968. The van der Waals surface area contributed by atoms with E-state index < -0.39 is 8.32 Å². The minimum atomic E-state index is -1.49. The van der Waals surface area contributed by atoms with Gasteiger partial charge in [0.15, 0.2) is 0 Å². The summed E-state index contributed by atoms with van der Waals surface area (Å²) in [7, 11) is -1.49. The molecule has 1 aromatic rings. The molecule has 0 saturated heterocycles. The molecule has 1 aromatic carbocycles. The molecule has 0 amide bonds. The van der Waals surface area contributed by atoms with E-state index in [0.717, 1.165) is 12.2 Å². The Morgan fingerprint density at radius 3 is 2.17 bits per heavy atom. The highest BCUT2D eigenvalue weighted by Crippen LogP contribution is 2.21. The molecule has 0 aliphatic heterocycles. The summed E-state index contributed by atoms with van der Waals surface area (Å²) in [5.41, 5.74) is 7.34. The maximum absolute atomic E-state index is 6.13. The van der Waals surface area contributed by atoms with Gasteiger partial charge in [0, 0.05) is 6.04 Å². The zero-order valence-electron chi connectivity index (χ0n) is 11.9. The van der Waals surface area contributed by atoms with Gasteiger partial charge in [-0.05, 0) is 43.8 Å². The number of benzene rings is 1. The van der Waals surface area contributed by atoms with Crippen molar-refractivity contribution in [2.24, 2.45) is 5.73 Å². The summed E-state index contributed by atoms with van der Waals surface area (Å²) in [6.07, 6.45) is 3.45. The van der Waals surface area contributed by atoms with Gasteiger partial charge >= 0.3 is 0 Å². The van der Waals surface area contributed by atoms with Gasteiger partial charge in [-0.3, -0.25) is 0 Å². The van der Waals surface area contributed by atoms with E-state index in [9.17, 15) is 0 Å². The molecule has 0 spiro atoms. The number of unbranched alkanes of at least 4 members (excludes halogenated alkanes) is 1. The van der Waals surface area contributed by atoms with Crippen molar-refractivity contribution in [2.45, 2.75) is 51.9 Å². The first kappa shape index (κ1) is 17.5. The molecule has 0 unspecified atom stereocenters. The molecule has 0 fully saturated rings. The van der Waals surface area contributed by atoms with Crippen LogP contribution in [-0.4, -0.2) is 8.32 Å². The van der Waals surface area contributed by atoms with Crippen LogP contribution in [0.4, 0.5) is 0 Å². The van der Waals surface area contributed by atoms with Crippen molar-refractivity contribution in [3.05, 3.63) is 29.8 Å². The van der Waals surface area contributed by atoms with E-state index in [1.54, 1.807) is 0 Å². The third-order valence-electron chi connectivity index (χ3n) is 2.60. The topological polar surface area (TPSA) is 35.2 Å². The maximum Gasteiger partial charge on any atom is 0.242 e. The summed E-state index contributed by atoms with van der Waals surface area (Å²) in [6, 6.07) is 8.43. The van der Waals surface area contributed by atoms with E-state index in [-0.39, 0.29) is 18.4 Å². The number of halogens is 1. The second kappa shape index (κ2) is 7.82. The Morgan fingerprint density at radius 1 is 1.17 bits per heavy atom. The Bertz CT molecular complexity index is 335. The Labute approximate surface area is 118 Å². The third kappa shape index (κ3) is 6.43. The molecule has 18 heavy (non-hydrogen) atoms. The minimum Gasteiger partial charge on any atom is -0.544 e. The molecule has 0 saturated carbocycles. The zero-order valence-corrected chi connectivity index (χ0v) is 13.7. The lowest BCUT2D eigenvalue weighted by molar-refractivity contribution is 0.555. The van der Waals surface area contributed by atoms with Gasteiger partial charge in [-0.25, -0.2) is 0 Å². The van der Waals surface area contributed by atoms with E-state index in [2.05, 4.69) is 38.7 Å². The first-order chi connectivity index (χ1) is 7.92. The van der Waals surface area contributed by atoms with Crippen molar-refractivity contribution >= 4 is 20.7 Å². The molecule has 2 nitrogen and oxygen atoms in total. The van der Waals surface area contributed by atoms with Crippen LogP contribution in [0.5, 0.6) is 5.75 Å². The molecule has 1 rings (SSSR count). The van der Waals surface area contributed by atoms with Crippen molar-refractivity contribution in [3.8, 4) is 5.75 Å². The highest BCUT2D eigenvalue weighted by atomic mass is 35.5. The van der Waals surface area contributed by atoms with Crippen molar-refractivity contribution < 1.29 is 4.43 Å². The molecule has 104 valence electrons. The fourth-order valence-electron chi connectivity index (χ4n) is 1.73. The summed E-state index contributed by atoms with van der Waals surface area (Å²) in [5, 5.41) is 0. The zero-order chi connectivity index (χ0) is 12.9. The Hall–Kier alpha value is -0.513. The van der Waals surface area contributed by atoms with E-state index >= 15 is 0 Å². The fourth-order valence-corrected chi connectivity index (χ4v) is 2.57. The van der Waals surface area contributed by atoms with Crippen LogP contribution >= 0.6 is 12.4 Å². The van der Waals surface area contributed by atoms with Crippen LogP contribution < -0.4 is 10.2 Å². The summed E-state index contributed by atoms with van der Waals surface area (Å²) in [6.45, 7) is 8.76. The van der Waals surface area contributed by atoms with Gasteiger partial charge in [-0.15, -0.1) is 12.4 Å². The van der Waals surface area contributed by atoms with Gasteiger partial charge in [0.2, 0.25) is 8.32 Å². The minimum absolute atomic E-state index is 0. The average molecular weight is 288 g/mol. The third-order valence-corrected chi connectivity index (χ3v) is 3.45. The van der Waals surface area contributed by atoms with Gasteiger partial charge in [0.1, 0.15) is 5.75 Å². The lowest BCUT2D eigenvalue weighted by Crippen LogP contribution is -2.29. The number of hydrogen-bond donors (Lipinski definition) is 1. The monoisotopic (exact) mass is 287 g/mol. The lowest BCUT2D eigenvalue weighted by atomic mass is 10.0. The van der Waals surface area contributed by atoms with Gasteiger partial charge in [0.25, 0.3) is 0 Å². The van der Waals surface area contributed by atoms with E-state index in [4.69, 9.17) is 10.2 Å². The highest BCUT2D eigenvalue weighted by Gasteiger charge is 2.16. The smallest absolute Gasteiger partial charge is 0.242 e. The summed E-state index contributed by atoms with van der Waals surface area (Å²) in [4.78, 5) is 0. The average Bonchev–Trinajstić information content (AvgIpc) is 2.24. The number of nitrogens with two attached hydrogens (primary N) is 1. The SMILES string of the molecule is CCCC[C@H](N)c1ccc(O[Si](C)(C)C)cc1.Cl. The molecule has 0 aromatic heterocycles. The molecule has 4 heteroatoms. The van der Waals surface area contributed by atoms with Crippen molar-refractivity contribution in [3.63, 3.8) is 0 Å². The Morgan fingerprint density at radius 2 is 1.72 bits per heavy atom. The molecule has 0 aliphatic rings. The molecule has 2 N–H and O–H groups in total. The second-order valence-electron chi connectivity index (χ2n) is 5.53. The Kier molecular flexibility index (Phi) is 7.60.